The van der Waals surface area contributed by atoms with Crippen molar-refractivity contribution in [1.82, 2.24) is 10.6 Å². The monoisotopic (exact) mass is 367 g/mol. The van der Waals surface area contributed by atoms with Gasteiger partial charge in [0.25, 0.3) is 0 Å². The van der Waals surface area contributed by atoms with Crippen LogP contribution in [0.5, 0.6) is 0 Å². The molecule has 0 spiro atoms. The van der Waals surface area contributed by atoms with Crippen LogP contribution in [-0.4, -0.2) is 29.8 Å². The minimum Gasteiger partial charge on any atom is -0.368 e. The highest BCUT2D eigenvalue weighted by Crippen LogP contribution is 2.10. The van der Waals surface area contributed by atoms with Crippen LogP contribution in [0.4, 0.5) is 0 Å². The highest BCUT2D eigenvalue weighted by molar-refractivity contribution is 5.91. The number of hydrogen-bond acceptors (Lipinski definition) is 3. The van der Waals surface area contributed by atoms with Crippen LogP contribution in [0.3, 0.4) is 0 Å². The summed E-state index contributed by atoms with van der Waals surface area (Å²) in [6.45, 7) is 3.29. The fourth-order valence-electron chi connectivity index (χ4n) is 2.86. The Balaban J connectivity index is 2.13. The molecule has 2 aromatic carbocycles. The topological polar surface area (TPSA) is 101 Å². The fraction of sp³-hybridized carbons (Fsp3) is 0.286. The first kappa shape index (κ1) is 20.2. The lowest BCUT2D eigenvalue weighted by Crippen LogP contribution is -2.54. The fourth-order valence-corrected chi connectivity index (χ4v) is 2.86. The van der Waals surface area contributed by atoms with Crippen molar-refractivity contribution in [1.29, 1.82) is 0 Å². The van der Waals surface area contributed by atoms with Crippen molar-refractivity contribution in [3.63, 3.8) is 0 Å². The van der Waals surface area contributed by atoms with Crippen molar-refractivity contribution in [2.24, 2.45) is 5.73 Å². The van der Waals surface area contributed by atoms with Gasteiger partial charge in [-0.3, -0.25) is 14.4 Å². The van der Waals surface area contributed by atoms with Crippen LogP contribution in [0.15, 0.2) is 54.6 Å². The van der Waals surface area contributed by atoms with Gasteiger partial charge < -0.3 is 16.4 Å². The molecule has 0 fully saturated rings. The summed E-state index contributed by atoms with van der Waals surface area (Å²) in [5, 5.41) is 5.33. The minimum atomic E-state index is -0.856. The number of amides is 3. The van der Waals surface area contributed by atoms with Gasteiger partial charge in [0, 0.05) is 19.8 Å². The molecule has 6 heteroatoms. The Morgan fingerprint density at radius 1 is 0.889 bits per heavy atom. The quantitative estimate of drug-likeness (QED) is 0.654. The molecule has 0 aliphatic carbocycles. The van der Waals surface area contributed by atoms with Gasteiger partial charge >= 0.3 is 0 Å². The maximum atomic E-state index is 12.7. The van der Waals surface area contributed by atoms with E-state index in [2.05, 4.69) is 10.6 Å². The van der Waals surface area contributed by atoms with Gasteiger partial charge in [0.15, 0.2) is 0 Å². The zero-order chi connectivity index (χ0) is 19.8. The van der Waals surface area contributed by atoms with E-state index in [1.165, 1.54) is 6.92 Å². The standard InChI is InChI=1S/C21H25N3O3/c1-14-8-6-7-11-17(14)13-18(20(22)26)24-21(27)19(23-15(2)25)12-16-9-4-3-5-10-16/h3-11,18-19H,12-13H2,1-2H3,(H2,22,26)(H,23,25)(H,24,27)/t18-,19+/m1/s1. The molecule has 27 heavy (non-hydrogen) atoms. The maximum Gasteiger partial charge on any atom is 0.243 e. The summed E-state index contributed by atoms with van der Waals surface area (Å²) in [4.78, 5) is 36.1. The number of aryl methyl sites for hydroxylation is 1. The van der Waals surface area contributed by atoms with Gasteiger partial charge in [-0.05, 0) is 23.6 Å². The highest BCUT2D eigenvalue weighted by atomic mass is 16.2. The van der Waals surface area contributed by atoms with E-state index in [9.17, 15) is 14.4 Å². The van der Waals surface area contributed by atoms with Gasteiger partial charge in [-0.25, -0.2) is 0 Å². The number of rotatable bonds is 8. The number of carbonyl (C=O) groups excluding carboxylic acids is 3. The van der Waals surface area contributed by atoms with E-state index in [4.69, 9.17) is 5.73 Å². The van der Waals surface area contributed by atoms with E-state index in [0.717, 1.165) is 16.7 Å². The smallest absolute Gasteiger partial charge is 0.243 e. The van der Waals surface area contributed by atoms with Crippen LogP contribution in [-0.2, 0) is 27.2 Å². The Hall–Kier alpha value is -3.15. The molecule has 0 bridgehead atoms. The first-order chi connectivity index (χ1) is 12.9. The normalized spacial score (nSPS) is 12.7. The Morgan fingerprint density at radius 3 is 2.11 bits per heavy atom. The number of hydrogen-bond donors (Lipinski definition) is 3. The predicted octanol–water partition coefficient (Wildman–Crippen LogP) is 1.26. The molecule has 2 atom stereocenters. The molecule has 3 amide bonds. The second-order valence-electron chi connectivity index (χ2n) is 6.54. The molecule has 0 heterocycles. The van der Waals surface area contributed by atoms with Gasteiger partial charge in [-0.2, -0.15) is 0 Å². The van der Waals surface area contributed by atoms with Crippen molar-refractivity contribution in [2.75, 3.05) is 0 Å². The summed E-state index contributed by atoms with van der Waals surface area (Å²) in [5.41, 5.74) is 8.35. The first-order valence-electron chi connectivity index (χ1n) is 8.82. The molecule has 2 aromatic rings. The van der Waals surface area contributed by atoms with Crippen molar-refractivity contribution in [3.8, 4) is 0 Å². The third kappa shape index (κ3) is 6.26. The average Bonchev–Trinajstić information content (AvgIpc) is 2.62. The summed E-state index contributed by atoms with van der Waals surface area (Å²) in [7, 11) is 0. The van der Waals surface area contributed by atoms with Gasteiger partial charge in [0.05, 0.1) is 0 Å². The molecule has 4 N–H and O–H groups in total. The number of primary amides is 1. The number of benzene rings is 2. The van der Waals surface area contributed by atoms with Gasteiger partial charge in [0.2, 0.25) is 17.7 Å². The first-order valence-corrected chi connectivity index (χ1v) is 8.82. The summed E-state index contributed by atoms with van der Waals surface area (Å²) >= 11 is 0. The Kier molecular flexibility index (Phi) is 7.11. The highest BCUT2D eigenvalue weighted by Gasteiger charge is 2.25. The average molecular weight is 367 g/mol. The summed E-state index contributed by atoms with van der Waals surface area (Å²) < 4.78 is 0. The molecule has 142 valence electrons. The van der Waals surface area contributed by atoms with Crippen LogP contribution in [0.25, 0.3) is 0 Å². The van der Waals surface area contributed by atoms with Crippen LogP contribution < -0.4 is 16.4 Å². The molecule has 6 nitrogen and oxygen atoms in total. The van der Waals surface area contributed by atoms with Crippen molar-refractivity contribution >= 4 is 17.7 Å². The molecular weight excluding hydrogens is 342 g/mol. The lowest BCUT2D eigenvalue weighted by atomic mass is 9.99. The van der Waals surface area contributed by atoms with Crippen LogP contribution >= 0.6 is 0 Å². The Morgan fingerprint density at radius 2 is 1.52 bits per heavy atom. The zero-order valence-electron chi connectivity index (χ0n) is 15.6. The molecule has 0 unspecified atom stereocenters. The van der Waals surface area contributed by atoms with Crippen molar-refractivity contribution in [3.05, 3.63) is 71.3 Å². The lowest BCUT2D eigenvalue weighted by molar-refractivity contribution is -0.130. The second kappa shape index (κ2) is 9.52. The van der Waals surface area contributed by atoms with E-state index < -0.39 is 23.9 Å². The van der Waals surface area contributed by atoms with E-state index in [1.54, 1.807) is 0 Å². The van der Waals surface area contributed by atoms with Crippen molar-refractivity contribution in [2.45, 2.75) is 38.8 Å². The van der Waals surface area contributed by atoms with Gasteiger partial charge in [-0.1, -0.05) is 54.6 Å². The third-order valence-electron chi connectivity index (χ3n) is 4.32. The van der Waals surface area contributed by atoms with E-state index in [0.29, 0.717) is 12.8 Å². The molecule has 2 rings (SSSR count). The largest absolute Gasteiger partial charge is 0.368 e. The number of nitrogens with two attached hydrogens (primary N) is 1. The molecule has 0 aliphatic rings. The van der Waals surface area contributed by atoms with Crippen LogP contribution in [0.1, 0.15) is 23.6 Å². The number of nitrogens with one attached hydrogen (secondary N) is 2. The van der Waals surface area contributed by atoms with E-state index in [1.807, 2.05) is 61.5 Å². The third-order valence-corrected chi connectivity index (χ3v) is 4.32. The predicted molar refractivity (Wildman–Crippen MR) is 104 cm³/mol. The molecule has 0 saturated heterocycles. The SMILES string of the molecule is CC(=O)N[C@@H](Cc1ccccc1)C(=O)N[C@H](Cc1ccccc1C)C(N)=O. The second-order valence-corrected chi connectivity index (χ2v) is 6.54. The summed E-state index contributed by atoms with van der Waals surface area (Å²) in [6.07, 6.45) is 0.619. The van der Waals surface area contributed by atoms with Crippen LogP contribution in [0, 0.1) is 6.92 Å². The lowest BCUT2D eigenvalue weighted by Gasteiger charge is -2.22. The number of carbonyl (C=O) groups is 3. The Bertz CT molecular complexity index is 805. The molecular formula is C21H25N3O3. The maximum absolute atomic E-state index is 12.7. The van der Waals surface area contributed by atoms with Crippen LogP contribution in [0.2, 0.25) is 0 Å². The Labute approximate surface area is 159 Å². The molecule has 0 aromatic heterocycles. The van der Waals surface area contributed by atoms with Gasteiger partial charge in [0.1, 0.15) is 12.1 Å². The molecule has 0 aliphatic heterocycles. The minimum absolute atomic E-state index is 0.297. The van der Waals surface area contributed by atoms with E-state index in [-0.39, 0.29) is 5.91 Å². The summed E-state index contributed by atoms with van der Waals surface area (Å²) in [5.74, 6) is -1.38. The van der Waals surface area contributed by atoms with E-state index >= 15 is 0 Å². The van der Waals surface area contributed by atoms with Crippen molar-refractivity contribution < 1.29 is 14.4 Å². The molecule has 0 saturated carbocycles. The summed E-state index contributed by atoms with van der Waals surface area (Å²) in [6, 6.07) is 15.3. The zero-order valence-corrected chi connectivity index (χ0v) is 15.6. The molecule has 0 radical (unpaired) electrons. The van der Waals surface area contributed by atoms with Gasteiger partial charge in [-0.15, -0.1) is 0 Å².